The molecule has 114 valence electrons. The third-order valence-corrected chi connectivity index (χ3v) is 4.28. The van der Waals surface area contributed by atoms with Gasteiger partial charge in [-0.25, -0.2) is 13.2 Å². The number of halogens is 4. The highest BCUT2D eigenvalue weighted by molar-refractivity contribution is 9.10. The van der Waals surface area contributed by atoms with E-state index in [0.29, 0.717) is 5.75 Å². The summed E-state index contributed by atoms with van der Waals surface area (Å²) in [6.07, 6.45) is -3.48. The molecular weight excluding hydrogens is 351 g/mol. The summed E-state index contributed by atoms with van der Waals surface area (Å²) >= 11 is 3.40. The smallest absolute Gasteiger partial charge is 0.282 e. The summed E-state index contributed by atoms with van der Waals surface area (Å²) in [6.45, 7) is 0.446. The number of hydrogen-bond donors (Lipinski definition) is 0. The van der Waals surface area contributed by atoms with Crippen LogP contribution in [0.3, 0.4) is 0 Å². The van der Waals surface area contributed by atoms with Crippen molar-refractivity contribution in [3.63, 3.8) is 0 Å². The number of alkyl halides is 3. The van der Waals surface area contributed by atoms with Crippen molar-refractivity contribution in [2.75, 3.05) is 20.2 Å². The fraction of sp³-hybridized carbons (Fsp3) is 0.462. The van der Waals surface area contributed by atoms with Gasteiger partial charge in [-0.3, -0.25) is 9.58 Å². The van der Waals surface area contributed by atoms with Crippen molar-refractivity contribution < 1.29 is 17.9 Å². The van der Waals surface area contributed by atoms with Crippen LogP contribution in [0.15, 0.2) is 22.8 Å². The Bertz CT molecular complexity index is 657. The van der Waals surface area contributed by atoms with E-state index in [9.17, 15) is 13.2 Å². The normalized spacial score (nSPS) is 18.2. The molecule has 21 heavy (non-hydrogen) atoms. The van der Waals surface area contributed by atoms with Crippen molar-refractivity contribution in [1.29, 1.82) is 0 Å². The highest BCUT2D eigenvalue weighted by Gasteiger charge is 2.38. The molecule has 3 rings (SSSR count). The van der Waals surface area contributed by atoms with E-state index in [4.69, 9.17) is 4.74 Å². The topological polar surface area (TPSA) is 30.3 Å². The number of rotatable bonds is 4. The highest BCUT2D eigenvalue weighted by atomic mass is 79.9. The number of likely N-dealkylation sites (tertiary alicyclic amines) is 1. The molecule has 0 N–H and O–H groups in total. The van der Waals surface area contributed by atoms with Gasteiger partial charge in [-0.1, -0.05) is 0 Å². The Morgan fingerprint density at radius 1 is 1.33 bits per heavy atom. The zero-order valence-electron chi connectivity index (χ0n) is 11.1. The number of methoxy groups -OCH3 is 1. The summed E-state index contributed by atoms with van der Waals surface area (Å²) in [5.74, 6) is 0.663. The van der Waals surface area contributed by atoms with Gasteiger partial charge in [0, 0.05) is 24.5 Å². The Balaban J connectivity index is 1.83. The van der Waals surface area contributed by atoms with Gasteiger partial charge in [-0.05, 0) is 22.0 Å². The Morgan fingerprint density at radius 3 is 2.67 bits per heavy atom. The number of benzene rings is 1. The van der Waals surface area contributed by atoms with E-state index in [1.54, 1.807) is 18.0 Å². The Labute approximate surface area is 127 Å². The van der Waals surface area contributed by atoms with Crippen LogP contribution in [0, 0.1) is 0 Å². The maximum absolute atomic E-state index is 13.2. The maximum atomic E-state index is 13.2. The molecule has 1 aromatic carbocycles. The molecule has 0 aliphatic carbocycles. The second kappa shape index (κ2) is 5.49. The van der Waals surface area contributed by atoms with Gasteiger partial charge < -0.3 is 4.74 Å². The molecule has 0 amide bonds. The van der Waals surface area contributed by atoms with Crippen LogP contribution in [0.5, 0.6) is 5.75 Å². The molecule has 8 heteroatoms. The van der Waals surface area contributed by atoms with Crippen molar-refractivity contribution >= 4 is 26.8 Å². The van der Waals surface area contributed by atoms with Gasteiger partial charge >= 0.3 is 0 Å². The number of fused-ring (bicyclic) bond motifs is 1. The van der Waals surface area contributed by atoms with E-state index in [-0.39, 0.29) is 19.1 Å². The molecule has 0 radical (unpaired) electrons. The molecule has 2 aromatic rings. The monoisotopic (exact) mass is 363 g/mol. The quantitative estimate of drug-likeness (QED) is 0.781. The summed E-state index contributed by atoms with van der Waals surface area (Å²) < 4.78 is 45.6. The molecular formula is C13H13BrF3N3O. The van der Waals surface area contributed by atoms with Gasteiger partial charge in [0.2, 0.25) is 6.30 Å². The molecule has 2 heterocycles. The molecule has 1 unspecified atom stereocenters. The minimum absolute atomic E-state index is 0.106. The first-order valence-electron chi connectivity index (χ1n) is 6.38. The Kier molecular flexibility index (Phi) is 3.83. The van der Waals surface area contributed by atoms with Crippen molar-refractivity contribution in [2.45, 2.75) is 18.8 Å². The van der Waals surface area contributed by atoms with E-state index in [0.717, 1.165) is 20.3 Å². The van der Waals surface area contributed by atoms with Crippen molar-refractivity contribution in [1.82, 2.24) is 14.7 Å². The van der Waals surface area contributed by atoms with E-state index in [1.165, 1.54) is 0 Å². The lowest BCUT2D eigenvalue weighted by molar-refractivity contribution is -0.0927. The predicted octanol–water partition coefficient (Wildman–Crippen LogP) is 3.22. The molecule has 1 atom stereocenters. The Morgan fingerprint density at radius 2 is 2.05 bits per heavy atom. The van der Waals surface area contributed by atoms with E-state index in [2.05, 4.69) is 21.0 Å². The predicted molar refractivity (Wildman–Crippen MR) is 75.5 cm³/mol. The number of nitrogens with zero attached hydrogens (tertiary/aromatic N) is 3. The summed E-state index contributed by atoms with van der Waals surface area (Å²) in [6, 6.07) is 3.60. The largest absolute Gasteiger partial charge is 0.495 e. The molecule has 1 fully saturated rings. The van der Waals surface area contributed by atoms with Crippen LogP contribution in [-0.4, -0.2) is 47.6 Å². The summed E-state index contributed by atoms with van der Waals surface area (Å²) in [5, 5.41) is 5.19. The van der Waals surface area contributed by atoms with Crippen LogP contribution in [0.25, 0.3) is 10.9 Å². The summed E-state index contributed by atoms with van der Waals surface area (Å²) in [5.41, 5.74) is 0.840. The van der Waals surface area contributed by atoms with Crippen LogP contribution in [-0.2, 0) is 0 Å². The molecule has 1 aliphatic heterocycles. The van der Waals surface area contributed by atoms with Crippen molar-refractivity contribution in [2.24, 2.45) is 0 Å². The Hall–Kier alpha value is -1.28. The lowest BCUT2D eigenvalue weighted by Crippen LogP contribution is -2.53. The average Bonchev–Trinajstić information content (AvgIpc) is 2.78. The first-order chi connectivity index (χ1) is 10.0. The van der Waals surface area contributed by atoms with Gasteiger partial charge in [-0.15, -0.1) is 0 Å². The SMILES string of the molecule is COc1cc2c(cnn2C2CN(C(F)C(F)F)C2)cc1Br. The third kappa shape index (κ3) is 2.50. The zero-order valence-corrected chi connectivity index (χ0v) is 12.7. The maximum Gasteiger partial charge on any atom is 0.282 e. The minimum atomic E-state index is -2.98. The van der Waals surface area contributed by atoms with Crippen molar-refractivity contribution in [3.05, 3.63) is 22.8 Å². The third-order valence-electron chi connectivity index (χ3n) is 3.66. The van der Waals surface area contributed by atoms with Gasteiger partial charge in [0.25, 0.3) is 6.43 Å². The number of ether oxygens (including phenoxy) is 1. The van der Waals surface area contributed by atoms with E-state index < -0.39 is 12.7 Å². The lowest BCUT2D eigenvalue weighted by atomic mass is 10.1. The molecule has 1 aliphatic rings. The number of aromatic nitrogens is 2. The molecule has 1 aromatic heterocycles. The van der Waals surface area contributed by atoms with Crippen LogP contribution in [0.2, 0.25) is 0 Å². The zero-order chi connectivity index (χ0) is 15.1. The second-order valence-electron chi connectivity index (χ2n) is 4.95. The van der Waals surface area contributed by atoms with E-state index >= 15 is 0 Å². The van der Waals surface area contributed by atoms with E-state index in [1.807, 2.05) is 12.1 Å². The van der Waals surface area contributed by atoms with Gasteiger partial charge in [0.05, 0.1) is 29.3 Å². The van der Waals surface area contributed by atoms with Crippen LogP contribution >= 0.6 is 15.9 Å². The van der Waals surface area contributed by atoms with Crippen LogP contribution < -0.4 is 4.74 Å². The second-order valence-corrected chi connectivity index (χ2v) is 5.80. The fourth-order valence-electron chi connectivity index (χ4n) is 2.50. The first-order valence-corrected chi connectivity index (χ1v) is 7.17. The molecule has 4 nitrogen and oxygen atoms in total. The number of hydrogen-bond acceptors (Lipinski definition) is 3. The summed E-state index contributed by atoms with van der Waals surface area (Å²) in [4.78, 5) is 1.11. The van der Waals surface area contributed by atoms with Gasteiger partial charge in [0.1, 0.15) is 5.75 Å². The molecule has 0 spiro atoms. The molecule has 0 bridgehead atoms. The summed E-state index contributed by atoms with van der Waals surface area (Å²) in [7, 11) is 1.56. The average molecular weight is 364 g/mol. The van der Waals surface area contributed by atoms with Crippen molar-refractivity contribution in [3.8, 4) is 5.75 Å². The lowest BCUT2D eigenvalue weighted by Gasteiger charge is -2.40. The first kappa shape index (κ1) is 14.6. The van der Waals surface area contributed by atoms with Gasteiger partial charge in [-0.2, -0.15) is 5.10 Å². The molecule has 0 saturated carbocycles. The minimum Gasteiger partial charge on any atom is -0.495 e. The van der Waals surface area contributed by atoms with Crippen LogP contribution in [0.4, 0.5) is 13.2 Å². The highest BCUT2D eigenvalue weighted by Crippen LogP contribution is 2.33. The van der Waals surface area contributed by atoms with Crippen LogP contribution in [0.1, 0.15) is 6.04 Å². The van der Waals surface area contributed by atoms with Gasteiger partial charge in [0.15, 0.2) is 0 Å². The standard InChI is InChI=1S/C13H13BrF3N3O/c1-21-11-3-10-7(2-9(11)14)4-18-20(10)8-5-19(6-8)13(17)12(15)16/h2-4,8,12-13H,5-6H2,1H3. The molecule has 1 saturated heterocycles. The fourth-order valence-corrected chi connectivity index (χ4v) is 3.02.